The van der Waals surface area contributed by atoms with E-state index < -0.39 is 67.0 Å². The van der Waals surface area contributed by atoms with Crippen molar-refractivity contribution in [3.05, 3.63) is 29.8 Å². The van der Waals surface area contributed by atoms with Crippen LogP contribution in [0.5, 0.6) is 0 Å². The van der Waals surface area contributed by atoms with Crippen molar-refractivity contribution in [1.29, 1.82) is 5.26 Å². The Morgan fingerprint density at radius 1 is 1.28 bits per heavy atom. The average Bonchev–Trinajstić information content (AvgIpc) is 3.05. The number of likely N-dealkylation sites (tertiary alicyclic amines) is 1. The van der Waals surface area contributed by atoms with Crippen molar-refractivity contribution in [3.8, 4) is 6.07 Å². The molecule has 0 aliphatic carbocycles. The lowest BCUT2D eigenvalue weighted by Gasteiger charge is -2.35. The van der Waals surface area contributed by atoms with Gasteiger partial charge in [0.05, 0.1) is 28.0 Å². The van der Waals surface area contributed by atoms with E-state index in [2.05, 4.69) is 0 Å². The van der Waals surface area contributed by atoms with Crippen LogP contribution in [0.4, 0.5) is 9.18 Å². The maximum absolute atomic E-state index is 13.8. The fourth-order valence-electron chi connectivity index (χ4n) is 3.39. The van der Waals surface area contributed by atoms with Crippen molar-refractivity contribution >= 4 is 31.7 Å². The summed E-state index contributed by atoms with van der Waals surface area (Å²) in [5.41, 5.74) is 0.229. The predicted molar refractivity (Wildman–Crippen MR) is 112 cm³/mol. The van der Waals surface area contributed by atoms with Gasteiger partial charge < -0.3 is 15.3 Å². The van der Waals surface area contributed by atoms with Crippen molar-refractivity contribution in [3.63, 3.8) is 0 Å². The third-order valence-electron chi connectivity index (χ3n) is 5.40. The van der Waals surface area contributed by atoms with Crippen LogP contribution in [-0.4, -0.2) is 74.6 Å². The van der Waals surface area contributed by atoms with Gasteiger partial charge in [-0.1, -0.05) is 12.1 Å². The number of nitrogens with one attached hydrogen (secondary N) is 1. The number of carbonyl (C=O) groups excluding carboxylic acids is 1. The number of halogens is 1. The average molecular weight is 490 g/mol. The van der Waals surface area contributed by atoms with Gasteiger partial charge in [-0.05, 0) is 31.5 Å². The summed E-state index contributed by atoms with van der Waals surface area (Å²) < 4.78 is 61.4. The first-order chi connectivity index (χ1) is 14.6. The van der Waals surface area contributed by atoms with Gasteiger partial charge >= 0.3 is 6.09 Å². The Hall–Kier alpha value is -2.72. The van der Waals surface area contributed by atoms with Gasteiger partial charge in [0.25, 0.3) is 0 Å². The Morgan fingerprint density at radius 3 is 2.31 bits per heavy atom. The monoisotopic (exact) mass is 489 g/mol. The second kappa shape index (κ2) is 9.03. The summed E-state index contributed by atoms with van der Waals surface area (Å²) in [6.07, 6.45) is -2.39. The number of nitriles is 1. The van der Waals surface area contributed by atoms with E-state index in [-0.39, 0.29) is 16.9 Å². The lowest BCUT2D eigenvalue weighted by molar-refractivity contribution is -0.134. The van der Waals surface area contributed by atoms with E-state index in [1.165, 1.54) is 24.3 Å². The summed E-state index contributed by atoms with van der Waals surface area (Å²) in [5, 5.41) is 20.3. The Morgan fingerprint density at radius 2 is 1.84 bits per heavy atom. The molecule has 1 aliphatic rings. The number of amides is 2. The first kappa shape index (κ1) is 25.5. The first-order valence-corrected chi connectivity index (χ1v) is 13.0. The molecular weight excluding hydrogens is 465 g/mol. The van der Waals surface area contributed by atoms with Gasteiger partial charge in [-0.2, -0.15) is 5.26 Å². The zero-order valence-electron chi connectivity index (χ0n) is 17.6. The van der Waals surface area contributed by atoms with Crippen molar-refractivity contribution in [2.75, 3.05) is 12.8 Å². The second-order valence-corrected chi connectivity index (χ2v) is 12.7. The zero-order chi connectivity index (χ0) is 24.5. The third-order valence-corrected chi connectivity index (χ3v) is 9.08. The van der Waals surface area contributed by atoms with Gasteiger partial charge in [0.15, 0.2) is 19.7 Å². The van der Waals surface area contributed by atoms with Crippen molar-refractivity contribution in [2.45, 2.75) is 53.9 Å². The van der Waals surface area contributed by atoms with E-state index >= 15 is 0 Å². The molecule has 32 heavy (non-hydrogen) atoms. The van der Waals surface area contributed by atoms with Crippen molar-refractivity contribution < 1.29 is 35.9 Å². The molecule has 1 saturated heterocycles. The Kier molecular flexibility index (Phi) is 7.21. The van der Waals surface area contributed by atoms with Gasteiger partial charge in [-0.15, -0.1) is 0 Å². The molecule has 1 aliphatic heterocycles. The minimum atomic E-state index is -4.22. The maximum atomic E-state index is 13.8. The molecule has 0 spiro atoms. The molecule has 10 nitrogen and oxygen atoms in total. The van der Waals surface area contributed by atoms with Crippen LogP contribution in [0.1, 0.15) is 25.8 Å². The highest BCUT2D eigenvalue weighted by molar-refractivity contribution is 7.92. The second-order valence-electron chi connectivity index (χ2n) is 8.13. The minimum Gasteiger partial charge on any atom is -0.465 e. The van der Waals surface area contributed by atoms with Crippen LogP contribution >= 0.6 is 0 Å². The van der Waals surface area contributed by atoms with Crippen LogP contribution < -0.4 is 5.32 Å². The Labute approximate surface area is 185 Å². The largest absolute Gasteiger partial charge is 0.465 e. The molecule has 1 fully saturated rings. The summed E-state index contributed by atoms with van der Waals surface area (Å²) in [6.45, 7) is 1.88. The normalized spacial score (nSPS) is 20.4. The lowest BCUT2D eigenvalue weighted by atomic mass is 10.0. The van der Waals surface area contributed by atoms with E-state index in [9.17, 15) is 41.2 Å². The SMILES string of the molecule is CC(C)([C@H](NC(=O)O)C(=O)N1C[C@@H](F)C[C@H]1C#N)S(=O)(=O)Cc1ccc(S(C)(=O)=O)cc1. The van der Waals surface area contributed by atoms with E-state index in [1.807, 2.05) is 5.32 Å². The van der Waals surface area contributed by atoms with Crippen LogP contribution in [0.3, 0.4) is 0 Å². The molecule has 13 heteroatoms. The van der Waals surface area contributed by atoms with Gasteiger partial charge in [0.2, 0.25) is 5.91 Å². The molecule has 0 bridgehead atoms. The Bertz CT molecular complexity index is 1140. The Balaban J connectivity index is 2.38. The van der Waals surface area contributed by atoms with Gasteiger partial charge in [-0.3, -0.25) is 4.79 Å². The smallest absolute Gasteiger partial charge is 0.405 e. The quantitative estimate of drug-likeness (QED) is 0.570. The summed E-state index contributed by atoms with van der Waals surface area (Å²) in [6, 6.07) is 3.94. The number of carbonyl (C=O) groups is 2. The van der Waals surface area contributed by atoms with Crippen LogP contribution in [0, 0.1) is 11.3 Å². The highest BCUT2D eigenvalue weighted by Crippen LogP contribution is 2.29. The number of hydrogen-bond donors (Lipinski definition) is 2. The molecule has 0 saturated carbocycles. The molecule has 3 atom stereocenters. The summed E-state index contributed by atoms with van der Waals surface area (Å²) in [7, 11) is -7.70. The predicted octanol–water partition coefficient (Wildman–Crippen LogP) is 0.882. The van der Waals surface area contributed by atoms with Gasteiger partial charge in [0.1, 0.15) is 18.3 Å². The molecule has 1 heterocycles. The van der Waals surface area contributed by atoms with Crippen molar-refractivity contribution in [2.24, 2.45) is 0 Å². The number of hydrogen-bond acceptors (Lipinski definition) is 7. The first-order valence-electron chi connectivity index (χ1n) is 9.45. The van der Waals surface area contributed by atoms with Crippen LogP contribution in [0.2, 0.25) is 0 Å². The number of benzene rings is 1. The molecule has 176 valence electrons. The molecule has 2 amide bonds. The van der Waals surface area contributed by atoms with Gasteiger partial charge in [-0.25, -0.2) is 26.0 Å². The summed E-state index contributed by atoms with van der Waals surface area (Å²) in [4.78, 5) is 25.2. The van der Waals surface area contributed by atoms with E-state index in [1.54, 1.807) is 6.07 Å². The van der Waals surface area contributed by atoms with E-state index in [0.29, 0.717) is 0 Å². The third kappa shape index (κ3) is 5.36. The van der Waals surface area contributed by atoms with E-state index in [4.69, 9.17) is 0 Å². The number of carboxylic acid groups (broad SMARTS) is 1. The number of nitrogens with zero attached hydrogens (tertiary/aromatic N) is 2. The maximum Gasteiger partial charge on any atom is 0.405 e. The fraction of sp³-hybridized carbons (Fsp3) is 0.526. The number of rotatable bonds is 7. The molecule has 1 aromatic rings. The van der Waals surface area contributed by atoms with Crippen LogP contribution in [-0.2, 0) is 30.2 Å². The summed E-state index contributed by atoms with van der Waals surface area (Å²) >= 11 is 0. The van der Waals surface area contributed by atoms with Crippen molar-refractivity contribution in [1.82, 2.24) is 10.2 Å². The number of sulfone groups is 2. The van der Waals surface area contributed by atoms with Crippen LogP contribution in [0.25, 0.3) is 0 Å². The molecule has 0 radical (unpaired) electrons. The number of alkyl halides is 1. The topological polar surface area (TPSA) is 162 Å². The molecule has 0 unspecified atom stereocenters. The highest BCUT2D eigenvalue weighted by atomic mass is 32.2. The molecule has 0 aromatic heterocycles. The minimum absolute atomic E-state index is 0.00383. The van der Waals surface area contributed by atoms with E-state index in [0.717, 1.165) is 25.0 Å². The molecular formula is C19H24FN3O7S2. The molecule has 1 aromatic carbocycles. The molecule has 2 rings (SSSR count). The van der Waals surface area contributed by atoms with Crippen LogP contribution in [0.15, 0.2) is 29.2 Å². The molecule has 2 N–H and O–H groups in total. The zero-order valence-corrected chi connectivity index (χ0v) is 19.3. The lowest BCUT2D eigenvalue weighted by Crippen LogP contribution is -2.61. The fourth-order valence-corrected chi connectivity index (χ4v) is 5.54. The standard InChI is InChI=1S/C19H24FN3O7S2/c1-19(2,32(29,30)11-12-4-6-15(7-5-12)31(3,27)28)16(22-18(25)26)17(24)23-10-13(20)8-14(23)9-21/h4-7,13-14,16,22H,8,10-11H2,1-3H3,(H,25,26)/t13-,14-,16+/m0/s1. The summed E-state index contributed by atoms with van der Waals surface area (Å²) in [5.74, 6) is -1.62. The highest BCUT2D eigenvalue weighted by Gasteiger charge is 2.50. The van der Waals surface area contributed by atoms with Gasteiger partial charge in [0, 0.05) is 12.7 Å².